The number of carbonyl (C=O) groups is 2. The first kappa shape index (κ1) is 21.5. The van der Waals surface area contributed by atoms with Crippen LogP contribution >= 0.6 is 15.9 Å². The number of nitrogens with zero attached hydrogens (tertiary/aromatic N) is 4. The maximum absolute atomic E-state index is 12.3. The minimum Gasteiger partial charge on any atom is -0.480 e. The summed E-state index contributed by atoms with van der Waals surface area (Å²) in [4.78, 5) is 32.2. The third kappa shape index (κ3) is 4.79. The summed E-state index contributed by atoms with van der Waals surface area (Å²) in [5.41, 5.74) is 2.31. The van der Waals surface area contributed by atoms with Crippen molar-refractivity contribution >= 4 is 38.8 Å². The highest BCUT2D eigenvalue weighted by molar-refractivity contribution is 9.10. The fourth-order valence-electron chi connectivity index (χ4n) is 4.17. The summed E-state index contributed by atoms with van der Waals surface area (Å²) in [6.07, 6.45) is 3.45. The third-order valence-electron chi connectivity index (χ3n) is 5.59. The number of aromatic nitrogens is 2. The van der Waals surface area contributed by atoms with Crippen LogP contribution in [0.25, 0.3) is 10.9 Å². The Morgan fingerprint density at radius 3 is 2.52 bits per heavy atom. The summed E-state index contributed by atoms with van der Waals surface area (Å²) in [6.45, 7) is 3.19. The molecule has 4 rings (SSSR count). The molecule has 1 atom stereocenters. The van der Waals surface area contributed by atoms with Gasteiger partial charge in [0.1, 0.15) is 12.6 Å². The molecule has 9 heteroatoms. The van der Waals surface area contributed by atoms with E-state index in [2.05, 4.69) is 25.8 Å². The SMILES string of the molecule is O=C(O)Cn1cc([C@H](C(=O)O)N2CCN(Cc3ccccn3)CC2)c2ccc(Br)cc21. The van der Waals surface area contributed by atoms with E-state index in [1.807, 2.05) is 41.3 Å². The maximum atomic E-state index is 12.3. The molecule has 0 spiro atoms. The Balaban J connectivity index is 1.58. The quantitative estimate of drug-likeness (QED) is 0.529. The van der Waals surface area contributed by atoms with Gasteiger partial charge in [0.25, 0.3) is 0 Å². The Kier molecular flexibility index (Phi) is 6.35. The monoisotopic (exact) mass is 486 g/mol. The summed E-state index contributed by atoms with van der Waals surface area (Å²) < 4.78 is 2.41. The van der Waals surface area contributed by atoms with Crippen LogP contribution in [0.2, 0.25) is 0 Å². The molecule has 3 aromatic rings. The standard InChI is InChI=1S/C22H23BrN4O4/c23-15-4-5-17-18(13-27(14-20(28)29)19(17)11-15)21(22(30)31)26-9-7-25(8-10-26)12-16-3-1-2-6-24-16/h1-6,11,13,21H,7-10,12,14H2,(H,28,29)(H,30,31)/t21-/m1/s1. The minimum absolute atomic E-state index is 0.225. The second-order valence-electron chi connectivity index (χ2n) is 7.64. The molecule has 162 valence electrons. The fraction of sp³-hybridized carbons (Fsp3) is 0.318. The predicted octanol–water partition coefficient (Wildman–Crippen LogP) is 2.83. The van der Waals surface area contributed by atoms with Gasteiger partial charge in [-0.3, -0.25) is 24.4 Å². The molecule has 1 fully saturated rings. The van der Waals surface area contributed by atoms with Gasteiger partial charge in [-0.25, -0.2) is 0 Å². The highest BCUT2D eigenvalue weighted by Crippen LogP contribution is 2.33. The van der Waals surface area contributed by atoms with Crippen LogP contribution in [0.15, 0.2) is 53.3 Å². The van der Waals surface area contributed by atoms with Gasteiger partial charge in [-0.05, 0) is 24.3 Å². The summed E-state index contributed by atoms with van der Waals surface area (Å²) in [5, 5.41) is 20.1. The van der Waals surface area contributed by atoms with Crippen molar-refractivity contribution in [3.8, 4) is 0 Å². The number of hydrogen-bond donors (Lipinski definition) is 2. The van der Waals surface area contributed by atoms with Crippen LogP contribution in [-0.4, -0.2) is 67.7 Å². The molecular formula is C22H23BrN4O4. The van der Waals surface area contributed by atoms with Crippen molar-refractivity contribution in [2.45, 2.75) is 19.1 Å². The first-order valence-corrected chi connectivity index (χ1v) is 10.8. The molecule has 1 aliphatic heterocycles. The molecule has 1 aliphatic rings. The van der Waals surface area contributed by atoms with Gasteiger partial charge in [-0.15, -0.1) is 0 Å². The van der Waals surface area contributed by atoms with E-state index in [-0.39, 0.29) is 6.54 Å². The van der Waals surface area contributed by atoms with Crippen LogP contribution in [0.5, 0.6) is 0 Å². The zero-order chi connectivity index (χ0) is 22.0. The Morgan fingerprint density at radius 2 is 1.87 bits per heavy atom. The molecule has 31 heavy (non-hydrogen) atoms. The molecule has 0 amide bonds. The zero-order valence-electron chi connectivity index (χ0n) is 16.8. The van der Waals surface area contributed by atoms with Crippen molar-refractivity contribution in [1.29, 1.82) is 0 Å². The van der Waals surface area contributed by atoms with E-state index in [9.17, 15) is 19.8 Å². The third-order valence-corrected chi connectivity index (χ3v) is 6.09. The molecule has 0 radical (unpaired) electrons. The number of fused-ring (bicyclic) bond motifs is 1. The summed E-state index contributed by atoms with van der Waals surface area (Å²) in [5.74, 6) is -1.91. The smallest absolute Gasteiger partial charge is 0.325 e. The molecule has 0 unspecified atom stereocenters. The van der Waals surface area contributed by atoms with Gasteiger partial charge in [-0.1, -0.05) is 28.1 Å². The van der Waals surface area contributed by atoms with Gasteiger partial charge in [0.15, 0.2) is 0 Å². The number of pyridine rings is 1. The molecule has 2 N–H and O–H groups in total. The molecule has 0 saturated carbocycles. The highest BCUT2D eigenvalue weighted by Gasteiger charge is 2.33. The maximum Gasteiger partial charge on any atom is 0.325 e. The number of carboxylic acid groups (broad SMARTS) is 2. The predicted molar refractivity (Wildman–Crippen MR) is 119 cm³/mol. The van der Waals surface area contributed by atoms with Gasteiger partial charge >= 0.3 is 11.9 Å². The average Bonchev–Trinajstić information content (AvgIpc) is 3.06. The second-order valence-corrected chi connectivity index (χ2v) is 8.56. The van der Waals surface area contributed by atoms with Crippen LogP contribution in [0.4, 0.5) is 0 Å². The normalized spacial score (nSPS) is 16.4. The summed E-state index contributed by atoms with van der Waals surface area (Å²) >= 11 is 3.42. The van der Waals surface area contributed by atoms with Gasteiger partial charge in [0.05, 0.1) is 11.2 Å². The molecule has 8 nitrogen and oxygen atoms in total. The molecule has 2 aromatic heterocycles. The van der Waals surface area contributed by atoms with Crippen LogP contribution in [0, 0.1) is 0 Å². The molecule has 3 heterocycles. The van der Waals surface area contributed by atoms with E-state index in [4.69, 9.17) is 0 Å². The number of halogens is 1. The molecule has 1 saturated heterocycles. The lowest BCUT2D eigenvalue weighted by atomic mass is 10.0. The van der Waals surface area contributed by atoms with Crippen molar-refractivity contribution in [1.82, 2.24) is 19.4 Å². The molecule has 0 bridgehead atoms. The molecule has 1 aromatic carbocycles. The molecular weight excluding hydrogens is 464 g/mol. The van der Waals surface area contributed by atoms with Crippen LogP contribution in [0.1, 0.15) is 17.3 Å². The lowest BCUT2D eigenvalue weighted by molar-refractivity contribution is -0.144. The molecule has 0 aliphatic carbocycles. The summed E-state index contributed by atoms with van der Waals surface area (Å²) in [7, 11) is 0. The van der Waals surface area contributed by atoms with Gasteiger partial charge in [0.2, 0.25) is 0 Å². The lowest BCUT2D eigenvalue weighted by Crippen LogP contribution is -2.48. The van der Waals surface area contributed by atoms with E-state index in [1.165, 1.54) is 0 Å². The van der Waals surface area contributed by atoms with Crippen LogP contribution in [0.3, 0.4) is 0 Å². The number of piperazine rings is 1. The second kappa shape index (κ2) is 9.17. The van der Waals surface area contributed by atoms with Crippen LogP contribution < -0.4 is 0 Å². The Morgan fingerprint density at radius 1 is 1.10 bits per heavy atom. The van der Waals surface area contributed by atoms with Crippen molar-refractivity contribution in [3.05, 3.63) is 64.5 Å². The fourth-order valence-corrected chi connectivity index (χ4v) is 4.52. The minimum atomic E-state index is -0.974. The van der Waals surface area contributed by atoms with Crippen molar-refractivity contribution in [2.75, 3.05) is 26.2 Å². The lowest BCUT2D eigenvalue weighted by Gasteiger charge is -2.37. The van der Waals surface area contributed by atoms with E-state index in [0.717, 1.165) is 35.2 Å². The number of aliphatic carboxylic acids is 2. The van der Waals surface area contributed by atoms with Gasteiger partial charge < -0.3 is 14.8 Å². The van der Waals surface area contributed by atoms with Gasteiger partial charge in [-0.2, -0.15) is 0 Å². The first-order chi connectivity index (χ1) is 14.9. The number of carboxylic acids is 2. The van der Waals surface area contributed by atoms with Gasteiger partial charge in [0, 0.05) is 60.5 Å². The number of hydrogen-bond acceptors (Lipinski definition) is 5. The van der Waals surface area contributed by atoms with Crippen molar-refractivity contribution < 1.29 is 19.8 Å². The number of benzene rings is 1. The topological polar surface area (TPSA) is 98.9 Å². The summed E-state index contributed by atoms with van der Waals surface area (Å²) in [6, 6.07) is 10.5. The van der Waals surface area contributed by atoms with E-state index in [0.29, 0.717) is 24.2 Å². The largest absolute Gasteiger partial charge is 0.480 e. The zero-order valence-corrected chi connectivity index (χ0v) is 18.4. The van der Waals surface area contributed by atoms with E-state index < -0.39 is 18.0 Å². The van der Waals surface area contributed by atoms with E-state index >= 15 is 0 Å². The van der Waals surface area contributed by atoms with E-state index in [1.54, 1.807) is 17.0 Å². The Bertz CT molecular complexity index is 1090. The average molecular weight is 487 g/mol. The number of rotatable bonds is 7. The Hall–Kier alpha value is -2.75. The van der Waals surface area contributed by atoms with Crippen molar-refractivity contribution in [3.63, 3.8) is 0 Å². The highest BCUT2D eigenvalue weighted by atomic mass is 79.9. The first-order valence-electron chi connectivity index (χ1n) is 10.0. The van der Waals surface area contributed by atoms with Crippen molar-refractivity contribution in [2.24, 2.45) is 0 Å². The Labute approximate surface area is 187 Å². The van der Waals surface area contributed by atoms with Crippen LogP contribution in [-0.2, 0) is 22.7 Å².